The Morgan fingerprint density at radius 2 is 2.06 bits per heavy atom. The van der Waals surface area contributed by atoms with Crippen LogP contribution in [0.2, 0.25) is 0 Å². The van der Waals surface area contributed by atoms with Gasteiger partial charge in [-0.2, -0.15) is 0 Å². The molecule has 5 nitrogen and oxygen atoms in total. The van der Waals surface area contributed by atoms with E-state index >= 15 is 0 Å². The SMILES string of the molecule is CN1CCC(C2=C([N+](=O)[O-])CCCC2)C1=O. The molecule has 2 aliphatic rings. The normalized spacial score (nSPS) is 26.4. The highest BCUT2D eigenvalue weighted by Crippen LogP contribution is 2.35. The molecule has 88 valence electrons. The van der Waals surface area contributed by atoms with E-state index in [1.807, 2.05) is 0 Å². The van der Waals surface area contributed by atoms with Crippen LogP contribution in [0, 0.1) is 16.0 Å². The summed E-state index contributed by atoms with van der Waals surface area (Å²) < 4.78 is 0. The lowest BCUT2D eigenvalue weighted by Gasteiger charge is -2.18. The second-order valence-electron chi connectivity index (χ2n) is 4.54. The van der Waals surface area contributed by atoms with Crippen LogP contribution in [0.1, 0.15) is 32.1 Å². The molecule has 1 aliphatic heterocycles. The Balaban J connectivity index is 2.30. The molecule has 0 bridgehead atoms. The summed E-state index contributed by atoms with van der Waals surface area (Å²) in [5.74, 6) is -0.165. The Kier molecular flexibility index (Phi) is 2.94. The van der Waals surface area contributed by atoms with E-state index in [0.717, 1.165) is 37.8 Å². The quantitative estimate of drug-likeness (QED) is 0.528. The first-order valence-corrected chi connectivity index (χ1v) is 5.72. The van der Waals surface area contributed by atoms with Gasteiger partial charge in [-0.3, -0.25) is 14.9 Å². The number of nitro groups is 1. The predicted molar refractivity (Wildman–Crippen MR) is 58.2 cm³/mol. The average molecular weight is 224 g/mol. The summed E-state index contributed by atoms with van der Waals surface area (Å²) in [7, 11) is 1.76. The fourth-order valence-corrected chi connectivity index (χ4v) is 2.64. The van der Waals surface area contributed by atoms with Gasteiger partial charge in [0.05, 0.1) is 10.8 Å². The molecule has 2 rings (SSSR count). The fourth-order valence-electron chi connectivity index (χ4n) is 2.64. The average Bonchev–Trinajstić information content (AvgIpc) is 2.60. The lowest BCUT2D eigenvalue weighted by molar-refractivity contribution is -0.430. The number of hydrogen-bond donors (Lipinski definition) is 0. The summed E-state index contributed by atoms with van der Waals surface area (Å²) in [6.45, 7) is 0.720. The molecule has 1 unspecified atom stereocenters. The minimum atomic E-state index is -0.292. The van der Waals surface area contributed by atoms with E-state index in [4.69, 9.17) is 0 Å². The molecule has 0 aromatic carbocycles. The van der Waals surface area contributed by atoms with Gasteiger partial charge in [-0.1, -0.05) is 0 Å². The van der Waals surface area contributed by atoms with Crippen molar-refractivity contribution in [2.75, 3.05) is 13.6 Å². The van der Waals surface area contributed by atoms with Gasteiger partial charge in [-0.05, 0) is 25.7 Å². The molecule has 0 spiro atoms. The maximum absolute atomic E-state index is 11.8. The topological polar surface area (TPSA) is 63.4 Å². The van der Waals surface area contributed by atoms with E-state index < -0.39 is 0 Å². The van der Waals surface area contributed by atoms with E-state index in [1.54, 1.807) is 11.9 Å². The van der Waals surface area contributed by atoms with E-state index in [9.17, 15) is 14.9 Å². The summed E-state index contributed by atoms with van der Waals surface area (Å²) in [5, 5.41) is 10.9. The van der Waals surface area contributed by atoms with Crippen molar-refractivity contribution in [3.63, 3.8) is 0 Å². The van der Waals surface area contributed by atoms with Crippen LogP contribution in [0.4, 0.5) is 0 Å². The molecule has 1 aliphatic carbocycles. The van der Waals surface area contributed by atoms with Gasteiger partial charge in [0.15, 0.2) is 0 Å². The smallest absolute Gasteiger partial charge is 0.246 e. The molecule has 1 atom stereocenters. The van der Waals surface area contributed by atoms with Crippen LogP contribution >= 0.6 is 0 Å². The zero-order valence-electron chi connectivity index (χ0n) is 9.44. The Morgan fingerprint density at radius 3 is 2.62 bits per heavy atom. The van der Waals surface area contributed by atoms with Gasteiger partial charge < -0.3 is 4.90 Å². The van der Waals surface area contributed by atoms with Gasteiger partial charge in [0.25, 0.3) is 0 Å². The van der Waals surface area contributed by atoms with Crippen LogP contribution in [0.5, 0.6) is 0 Å². The highest BCUT2D eigenvalue weighted by Gasteiger charge is 2.37. The van der Waals surface area contributed by atoms with E-state index in [1.165, 1.54) is 0 Å². The van der Waals surface area contributed by atoms with E-state index in [-0.39, 0.29) is 16.7 Å². The van der Waals surface area contributed by atoms with Gasteiger partial charge in [-0.25, -0.2) is 0 Å². The first-order valence-electron chi connectivity index (χ1n) is 5.72. The molecule has 1 heterocycles. The van der Waals surface area contributed by atoms with Crippen molar-refractivity contribution < 1.29 is 9.72 Å². The monoisotopic (exact) mass is 224 g/mol. The fraction of sp³-hybridized carbons (Fsp3) is 0.727. The molecule has 1 saturated heterocycles. The second kappa shape index (κ2) is 4.23. The third kappa shape index (κ3) is 1.81. The van der Waals surface area contributed by atoms with Crippen molar-refractivity contribution >= 4 is 5.91 Å². The Bertz CT molecular complexity index is 362. The van der Waals surface area contributed by atoms with Gasteiger partial charge in [0, 0.05) is 25.6 Å². The minimum Gasteiger partial charge on any atom is -0.345 e. The van der Waals surface area contributed by atoms with Crippen molar-refractivity contribution in [1.29, 1.82) is 0 Å². The van der Waals surface area contributed by atoms with Crippen molar-refractivity contribution in [1.82, 2.24) is 4.90 Å². The molecule has 0 aromatic rings. The number of amides is 1. The van der Waals surface area contributed by atoms with Crippen molar-refractivity contribution in [2.45, 2.75) is 32.1 Å². The Labute approximate surface area is 94.3 Å². The van der Waals surface area contributed by atoms with Gasteiger partial charge in [0.2, 0.25) is 11.6 Å². The molecular formula is C11H16N2O3. The van der Waals surface area contributed by atoms with Crippen LogP contribution in [-0.4, -0.2) is 29.3 Å². The zero-order chi connectivity index (χ0) is 11.7. The summed E-state index contributed by atoms with van der Waals surface area (Å²) in [6, 6.07) is 0. The number of likely N-dealkylation sites (tertiary alicyclic amines) is 1. The summed E-state index contributed by atoms with van der Waals surface area (Å²) in [4.78, 5) is 24.2. The number of allylic oxidation sites excluding steroid dienone is 1. The highest BCUT2D eigenvalue weighted by molar-refractivity contribution is 5.83. The van der Waals surface area contributed by atoms with Gasteiger partial charge >= 0.3 is 0 Å². The maximum Gasteiger partial charge on any atom is 0.246 e. The summed E-state index contributed by atoms with van der Waals surface area (Å²) in [5.41, 5.74) is 1.10. The predicted octanol–water partition coefficient (Wildman–Crippen LogP) is 1.57. The molecule has 0 N–H and O–H groups in total. The largest absolute Gasteiger partial charge is 0.345 e. The zero-order valence-corrected chi connectivity index (χ0v) is 9.44. The molecule has 0 saturated carbocycles. The van der Waals surface area contributed by atoms with Crippen molar-refractivity contribution in [3.05, 3.63) is 21.4 Å². The second-order valence-corrected chi connectivity index (χ2v) is 4.54. The Morgan fingerprint density at radius 1 is 1.38 bits per heavy atom. The third-order valence-electron chi connectivity index (χ3n) is 3.55. The molecule has 1 amide bonds. The van der Waals surface area contributed by atoms with Gasteiger partial charge in [-0.15, -0.1) is 0 Å². The molecule has 0 aromatic heterocycles. The summed E-state index contributed by atoms with van der Waals surface area (Å²) in [6.07, 6.45) is 3.83. The molecule has 5 heteroatoms. The number of carbonyl (C=O) groups is 1. The lowest BCUT2D eigenvalue weighted by atomic mass is 9.86. The number of rotatable bonds is 2. The van der Waals surface area contributed by atoms with Crippen LogP contribution in [-0.2, 0) is 4.79 Å². The van der Waals surface area contributed by atoms with Crippen LogP contribution in [0.15, 0.2) is 11.3 Å². The lowest BCUT2D eigenvalue weighted by Crippen LogP contribution is -2.25. The molecule has 0 radical (unpaired) electrons. The molecule has 16 heavy (non-hydrogen) atoms. The van der Waals surface area contributed by atoms with Crippen LogP contribution in [0.3, 0.4) is 0 Å². The van der Waals surface area contributed by atoms with Crippen LogP contribution < -0.4 is 0 Å². The van der Waals surface area contributed by atoms with Crippen molar-refractivity contribution in [3.8, 4) is 0 Å². The standard InChI is InChI=1S/C11H16N2O3/c1-12-7-6-9(11(12)14)8-4-2-3-5-10(8)13(15)16/h9H,2-7H2,1H3. The first kappa shape index (κ1) is 11.1. The number of nitrogens with zero attached hydrogens (tertiary/aromatic N) is 2. The summed E-state index contributed by atoms with van der Waals surface area (Å²) >= 11 is 0. The molecule has 1 fully saturated rings. The maximum atomic E-state index is 11.8. The highest BCUT2D eigenvalue weighted by atomic mass is 16.6. The minimum absolute atomic E-state index is 0.0521. The third-order valence-corrected chi connectivity index (χ3v) is 3.55. The van der Waals surface area contributed by atoms with Crippen molar-refractivity contribution in [2.24, 2.45) is 5.92 Å². The van der Waals surface area contributed by atoms with E-state index in [2.05, 4.69) is 0 Å². The van der Waals surface area contributed by atoms with E-state index in [0.29, 0.717) is 12.1 Å². The molecular weight excluding hydrogens is 208 g/mol. The Hall–Kier alpha value is -1.39. The number of carbonyl (C=O) groups excluding carboxylic acids is 1. The van der Waals surface area contributed by atoms with Crippen LogP contribution in [0.25, 0.3) is 0 Å². The first-order chi connectivity index (χ1) is 7.61. The van der Waals surface area contributed by atoms with Gasteiger partial charge in [0.1, 0.15) is 0 Å². The number of hydrogen-bond acceptors (Lipinski definition) is 3.